The Labute approximate surface area is 204 Å². The zero-order valence-electron chi connectivity index (χ0n) is 21.1. The van der Waals surface area contributed by atoms with E-state index in [0.717, 1.165) is 44.5 Å². The molecule has 0 heterocycles. The normalized spacial score (nSPS) is 11.2. The topological polar surface area (TPSA) is 90.3 Å². The summed E-state index contributed by atoms with van der Waals surface area (Å²) < 4.78 is 26.2. The van der Waals surface area contributed by atoms with Gasteiger partial charge >= 0.3 is 5.97 Å². The van der Waals surface area contributed by atoms with Crippen LogP contribution in [0.5, 0.6) is 5.75 Å². The van der Waals surface area contributed by atoms with Crippen molar-refractivity contribution in [3.63, 3.8) is 0 Å². The summed E-state index contributed by atoms with van der Waals surface area (Å²) in [5.41, 5.74) is 1.62. The Morgan fingerprint density at radius 3 is 2.15 bits per heavy atom. The van der Waals surface area contributed by atoms with Crippen LogP contribution >= 0.6 is 0 Å². The highest BCUT2D eigenvalue weighted by atomic mass is 16.6. The highest BCUT2D eigenvalue weighted by Gasteiger charge is 2.14. The molecule has 190 valence electrons. The maximum absolute atomic E-state index is 12.3. The van der Waals surface area contributed by atoms with Crippen LogP contribution in [0.2, 0.25) is 0 Å². The summed E-state index contributed by atoms with van der Waals surface area (Å²) in [4.78, 5) is 14.7. The lowest BCUT2D eigenvalue weighted by Gasteiger charge is -2.25. The molecule has 0 fully saturated rings. The number of methoxy groups -OCH3 is 2. The first-order chi connectivity index (χ1) is 16.6. The number of rotatable bonds is 19. The molecule has 0 atom stereocenters. The molecule has 0 saturated heterocycles. The lowest BCUT2D eigenvalue weighted by molar-refractivity contribution is -0.140. The van der Waals surface area contributed by atoms with Gasteiger partial charge in [-0.3, -0.25) is 0 Å². The third-order valence-electron chi connectivity index (χ3n) is 5.05. The molecule has 0 aliphatic rings. The number of nitriles is 1. The van der Waals surface area contributed by atoms with Crippen LogP contribution in [0.4, 0.5) is 5.69 Å². The molecular weight excluding hydrogens is 436 g/mol. The van der Waals surface area contributed by atoms with Gasteiger partial charge in [-0.05, 0) is 31.1 Å². The van der Waals surface area contributed by atoms with E-state index >= 15 is 0 Å². The van der Waals surface area contributed by atoms with Crippen molar-refractivity contribution in [2.24, 2.45) is 0 Å². The Hall–Kier alpha value is -2.60. The summed E-state index contributed by atoms with van der Waals surface area (Å²) >= 11 is 0. The van der Waals surface area contributed by atoms with Crippen molar-refractivity contribution < 1.29 is 28.5 Å². The first kappa shape index (κ1) is 29.4. The molecule has 34 heavy (non-hydrogen) atoms. The molecule has 0 unspecified atom stereocenters. The fraction of sp³-hybridized carbons (Fsp3) is 0.615. The predicted molar refractivity (Wildman–Crippen MR) is 133 cm³/mol. The van der Waals surface area contributed by atoms with E-state index in [0.29, 0.717) is 37.7 Å². The molecule has 8 nitrogen and oxygen atoms in total. The van der Waals surface area contributed by atoms with Crippen LogP contribution in [0.25, 0.3) is 6.08 Å². The van der Waals surface area contributed by atoms with Crippen molar-refractivity contribution in [2.75, 3.05) is 71.9 Å². The first-order valence-corrected chi connectivity index (χ1v) is 12.0. The number of hydrogen-bond donors (Lipinski definition) is 0. The SMILES string of the molecule is CCCCN(CCCC)c1ccc(/C=C(\C#N)C(=O)OCCOCCOCCOC)c(OC)c1. The van der Waals surface area contributed by atoms with Gasteiger partial charge in [-0.2, -0.15) is 5.26 Å². The van der Waals surface area contributed by atoms with Gasteiger partial charge in [0.15, 0.2) is 0 Å². The van der Waals surface area contributed by atoms with Crippen LogP contribution in [0, 0.1) is 11.3 Å². The summed E-state index contributed by atoms with van der Waals surface area (Å²) in [5.74, 6) is -0.0889. The molecular formula is C26H40N2O6. The minimum atomic E-state index is -0.693. The number of carbonyl (C=O) groups excluding carboxylic acids is 1. The predicted octanol–water partition coefficient (Wildman–Crippen LogP) is 4.23. The van der Waals surface area contributed by atoms with E-state index in [1.165, 1.54) is 6.08 Å². The third kappa shape index (κ3) is 11.5. The standard InChI is InChI=1S/C26H40N2O6/c1-5-7-11-28(12-8-6-2)24-10-9-22(25(20-24)31-4)19-23(21-27)26(29)34-18-17-33-16-15-32-14-13-30-3/h9-10,19-20H,5-8,11-18H2,1-4H3/b23-19+. The summed E-state index contributed by atoms with van der Waals surface area (Å²) in [6, 6.07) is 7.76. The molecule has 0 amide bonds. The number of esters is 1. The molecule has 0 spiro atoms. The number of ether oxygens (including phenoxy) is 5. The number of carbonyl (C=O) groups is 1. The molecule has 0 saturated carbocycles. The van der Waals surface area contributed by atoms with Gasteiger partial charge in [-0.1, -0.05) is 26.7 Å². The van der Waals surface area contributed by atoms with Crippen molar-refractivity contribution in [1.82, 2.24) is 0 Å². The Bertz CT molecular complexity index is 767. The summed E-state index contributed by atoms with van der Waals surface area (Å²) in [6.45, 7) is 8.45. The van der Waals surface area contributed by atoms with Gasteiger partial charge in [-0.25, -0.2) is 4.79 Å². The van der Waals surface area contributed by atoms with Gasteiger partial charge in [0.05, 0.1) is 40.1 Å². The molecule has 1 aromatic carbocycles. The number of anilines is 1. The molecule has 0 bridgehead atoms. The monoisotopic (exact) mass is 476 g/mol. The molecule has 0 radical (unpaired) electrons. The van der Waals surface area contributed by atoms with E-state index in [4.69, 9.17) is 23.7 Å². The van der Waals surface area contributed by atoms with Gasteiger partial charge in [0, 0.05) is 37.5 Å². The zero-order chi connectivity index (χ0) is 25.0. The van der Waals surface area contributed by atoms with Gasteiger partial charge < -0.3 is 28.6 Å². The smallest absolute Gasteiger partial charge is 0.348 e. The Morgan fingerprint density at radius 2 is 1.59 bits per heavy atom. The van der Waals surface area contributed by atoms with E-state index in [-0.39, 0.29) is 18.8 Å². The summed E-state index contributed by atoms with van der Waals surface area (Å²) in [7, 11) is 3.19. The van der Waals surface area contributed by atoms with Crippen LogP contribution in [0.3, 0.4) is 0 Å². The van der Waals surface area contributed by atoms with Gasteiger partial charge in [0.25, 0.3) is 0 Å². The summed E-state index contributed by atoms with van der Waals surface area (Å²) in [5, 5.41) is 9.48. The fourth-order valence-electron chi connectivity index (χ4n) is 3.11. The maximum Gasteiger partial charge on any atom is 0.348 e. The average molecular weight is 477 g/mol. The third-order valence-corrected chi connectivity index (χ3v) is 5.05. The van der Waals surface area contributed by atoms with E-state index in [1.807, 2.05) is 24.3 Å². The van der Waals surface area contributed by atoms with E-state index in [2.05, 4.69) is 18.7 Å². The first-order valence-electron chi connectivity index (χ1n) is 12.0. The molecule has 8 heteroatoms. The number of hydrogen-bond acceptors (Lipinski definition) is 8. The highest BCUT2D eigenvalue weighted by molar-refractivity contribution is 5.98. The zero-order valence-corrected chi connectivity index (χ0v) is 21.1. The fourth-order valence-corrected chi connectivity index (χ4v) is 3.11. The van der Waals surface area contributed by atoms with Gasteiger partial charge in [0.2, 0.25) is 0 Å². The molecule has 0 aromatic heterocycles. The number of unbranched alkanes of at least 4 members (excludes halogenated alkanes) is 2. The van der Waals surface area contributed by atoms with Crippen molar-refractivity contribution in [3.05, 3.63) is 29.3 Å². The van der Waals surface area contributed by atoms with Crippen LogP contribution < -0.4 is 9.64 Å². The van der Waals surface area contributed by atoms with E-state index in [1.54, 1.807) is 14.2 Å². The van der Waals surface area contributed by atoms with Crippen LogP contribution in [0.15, 0.2) is 23.8 Å². The van der Waals surface area contributed by atoms with Gasteiger partial charge in [-0.15, -0.1) is 0 Å². The lowest BCUT2D eigenvalue weighted by Crippen LogP contribution is -2.25. The Balaban J connectivity index is 2.71. The van der Waals surface area contributed by atoms with Crippen molar-refractivity contribution in [1.29, 1.82) is 5.26 Å². The molecule has 0 aliphatic heterocycles. The highest BCUT2D eigenvalue weighted by Crippen LogP contribution is 2.28. The lowest BCUT2D eigenvalue weighted by atomic mass is 10.1. The molecule has 1 rings (SSSR count). The van der Waals surface area contributed by atoms with E-state index in [9.17, 15) is 10.1 Å². The number of nitrogens with zero attached hydrogens (tertiary/aromatic N) is 2. The van der Waals surface area contributed by atoms with Gasteiger partial charge in [0.1, 0.15) is 24.0 Å². The molecule has 0 aliphatic carbocycles. The van der Waals surface area contributed by atoms with E-state index < -0.39 is 5.97 Å². The maximum atomic E-state index is 12.3. The quantitative estimate of drug-likeness (QED) is 0.127. The largest absolute Gasteiger partial charge is 0.496 e. The average Bonchev–Trinajstić information content (AvgIpc) is 2.86. The van der Waals surface area contributed by atoms with Crippen LogP contribution in [-0.4, -0.2) is 72.9 Å². The second-order valence-corrected chi connectivity index (χ2v) is 7.64. The Kier molecular flexibility index (Phi) is 16.3. The molecule has 0 N–H and O–H groups in total. The van der Waals surface area contributed by atoms with Crippen molar-refractivity contribution >= 4 is 17.7 Å². The number of benzene rings is 1. The second kappa shape index (κ2) is 18.8. The Morgan fingerprint density at radius 1 is 0.971 bits per heavy atom. The minimum Gasteiger partial charge on any atom is -0.496 e. The molecule has 1 aromatic rings. The summed E-state index contributed by atoms with van der Waals surface area (Å²) in [6.07, 6.45) is 5.98. The second-order valence-electron chi connectivity index (χ2n) is 7.64. The van der Waals surface area contributed by atoms with Crippen molar-refractivity contribution in [2.45, 2.75) is 39.5 Å². The van der Waals surface area contributed by atoms with Crippen molar-refractivity contribution in [3.8, 4) is 11.8 Å². The minimum absolute atomic E-state index is 0.0514. The van der Waals surface area contributed by atoms with Crippen LogP contribution in [0.1, 0.15) is 45.1 Å². The van der Waals surface area contributed by atoms with Crippen LogP contribution in [-0.2, 0) is 23.7 Å².